The van der Waals surface area contributed by atoms with Gasteiger partial charge in [-0.05, 0) is 25.3 Å². The Bertz CT molecular complexity index is 1060. The number of aromatic amines is 1. The Balaban J connectivity index is 1.49. The van der Waals surface area contributed by atoms with Crippen molar-refractivity contribution in [3.05, 3.63) is 30.5 Å². The second-order valence-corrected chi connectivity index (χ2v) is 7.33. The van der Waals surface area contributed by atoms with Crippen LogP contribution in [0.5, 0.6) is 0 Å². The topological polar surface area (TPSA) is 74.8 Å². The Morgan fingerprint density at radius 1 is 1.26 bits per heavy atom. The summed E-state index contributed by atoms with van der Waals surface area (Å²) in [5.74, 6) is -0.860. The van der Waals surface area contributed by atoms with Crippen molar-refractivity contribution in [3.63, 3.8) is 0 Å². The number of hydrogen-bond donors (Lipinski definition) is 1. The molecule has 5 rings (SSSR count). The monoisotopic (exact) mass is 375 g/mol. The first-order valence-electron chi connectivity index (χ1n) is 8.83. The third-order valence-electron chi connectivity index (χ3n) is 5.79. The molecule has 1 saturated carbocycles. The molecule has 1 aliphatic heterocycles. The molecule has 2 fully saturated rings. The third kappa shape index (κ3) is 2.33. The Morgan fingerprint density at radius 2 is 2.07 bits per heavy atom. The van der Waals surface area contributed by atoms with Crippen molar-refractivity contribution in [2.75, 3.05) is 13.1 Å². The molecule has 6 nitrogen and oxygen atoms in total. The maximum absolute atomic E-state index is 13.3. The average Bonchev–Trinajstić information content (AvgIpc) is 3.11. The highest BCUT2D eigenvalue weighted by atomic mass is 19.4. The van der Waals surface area contributed by atoms with Crippen LogP contribution in [-0.2, 0) is 4.79 Å². The molecule has 3 aromatic rings. The van der Waals surface area contributed by atoms with E-state index in [2.05, 4.69) is 19.9 Å². The number of halogens is 3. The number of nitrogens with one attached hydrogen (secondary N) is 1. The second kappa shape index (κ2) is 5.40. The Morgan fingerprint density at radius 3 is 2.81 bits per heavy atom. The number of carbonyl (C=O) groups excluding carboxylic acids is 1. The lowest BCUT2D eigenvalue weighted by atomic mass is 9.99. The summed E-state index contributed by atoms with van der Waals surface area (Å²) in [6.07, 6.45) is 0.785. The van der Waals surface area contributed by atoms with Gasteiger partial charge in [0.1, 0.15) is 5.41 Å². The van der Waals surface area contributed by atoms with E-state index in [1.807, 2.05) is 6.07 Å². The predicted octanol–water partition coefficient (Wildman–Crippen LogP) is 3.16. The third-order valence-corrected chi connectivity index (χ3v) is 5.79. The number of amides is 1. The van der Waals surface area contributed by atoms with E-state index in [1.165, 1.54) is 4.90 Å². The van der Waals surface area contributed by atoms with Gasteiger partial charge in [-0.1, -0.05) is 0 Å². The predicted molar refractivity (Wildman–Crippen MR) is 90.8 cm³/mol. The van der Waals surface area contributed by atoms with E-state index in [0.717, 1.165) is 16.5 Å². The number of aromatic nitrogens is 4. The van der Waals surface area contributed by atoms with E-state index in [0.29, 0.717) is 24.1 Å². The van der Waals surface area contributed by atoms with Crippen molar-refractivity contribution in [1.29, 1.82) is 0 Å². The first-order chi connectivity index (χ1) is 12.9. The maximum atomic E-state index is 13.3. The van der Waals surface area contributed by atoms with E-state index < -0.39 is 17.5 Å². The van der Waals surface area contributed by atoms with Gasteiger partial charge < -0.3 is 9.88 Å². The summed E-state index contributed by atoms with van der Waals surface area (Å²) in [6, 6.07) is 1.85. The van der Waals surface area contributed by atoms with Crippen LogP contribution in [0.3, 0.4) is 0 Å². The van der Waals surface area contributed by atoms with Crippen LogP contribution in [0.15, 0.2) is 24.8 Å². The van der Waals surface area contributed by atoms with Crippen LogP contribution < -0.4 is 0 Å². The number of nitrogens with zero attached hydrogens (tertiary/aromatic N) is 4. The molecule has 1 atom stereocenters. The van der Waals surface area contributed by atoms with Gasteiger partial charge in [0.15, 0.2) is 5.65 Å². The summed E-state index contributed by atoms with van der Waals surface area (Å²) in [4.78, 5) is 29.9. The highest BCUT2D eigenvalue weighted by Crippen LogP contribution is 2.59. The lowest BCUT2D eigenvalue weighted by Crippen LogP contribution is -2.43. The molecule has 0 radical (unpaired) electrons. The molecule has 1 unspecified atom stereocenters. The molecule has 1 saturated heterocycles. The van der Waals surface area contributed by atoms with E-state index in [1.54, 1.807) is 18.7 Å². The van der Waals surface area contributed by atoms with Gasteiger partial charge in [0.25, 0.3) is 0 Å². The van der Waals surface area contributed by atoms with Gasteiger partial charge in [0, 0.05) is 41.7 Å². The molecule has 0 spiro atoms. The number of likely N-dealkylation sites (tertiary alicyclic amines) is 1. The van der Waals surface area contributed by atoms with Gasteiger partial charge in [0.05, 0.1) is 18.0 Å². The molecule has 2 aliphatic rings. The van der Waals surface area contributed by atoms with Gasteiger partial charge in [-0.3, -0.25) is 4.79 Å². The van der Waals surface area contributed by atoms with Gasteiger partial charge in [-0.25, -0.2) is 15.0 Å². The minimum atomic E-state index is -4.48. The summed E-state index contributed by atoms with van der Waals surface area (Å²) in [6.45, 7) is 0.594. The highest BCUT2D eigenvalue weighted by Gasteiger charge is 2.69. The fourth-order valence-electron chi connectivity index (χ4n) is 4.12. The molecule has 1 amide bonds. The number of carbonyl (C=O) groups is 1. The molecular weight excluding hydrogens is 359 g/mol. The van der Waals surface area contributed by atoms with Crippen molar-refractivity contribution in [2.24, 2.45) is 5.41 Å². The number of rotatable bonds is 2. The quantitative estimate of drug-likeness (QED) is 0.747. The molecule has 1 aliphatic carbocycles. The molecule has 140 valence electrons. The number of H-pyrrole nitrogens is 1. The molecule has 3 aromatic heterocycles. The molecule has 0 aromatic carbocycles. The summed E-state index contributed by atoms with van der Waals surface area (Å²) in [5.41, 5.74) is 0.0132. The van der Waals surface area contributed by atoms with Gasteiger partial charge in [-0.2, -0.15) is 13.2 Å². The Hall–Kier alpha value is -2.71. The largest absolute Gasteiger partial charge is 0.403 e. The highest BCUT2D eigenvalue weighted by molar-refractivity contribution is 6.04. The summed E-state index contributed by atoms with van der Waals surface area (Å²) >= 11 is 0. The van der Waals surface area contributed by atoms with Crippen LogP contribution >= 0.6 is 0 Å². The number of hydrogen-bond acceptors (Lipinski definition) is 4. The van der Waals surface area contributed by atoms with Crippen molar-refractivity contribution in [2.45, 2.75) is 31.4 Å². The van der Waals surface area contributed by atoms with Gasteiger partial charge in [0.2, 0.25) is 5.91 Å². The standard InChI is InChI=1S/C18H16F3N5O/c19-18(20,21)17(3-4-17)16(27)26-6-2-10(8-26)14-13-11-1-5-22-15(11)23-7-12(13)24-9-25-14/h1,5,7,9-10H,2-4,6,8H2,(H,24,25). The van der Waals surface area contributed by atoms with E-state index in [9.17, 15) is 18.0 Å². The normalized spacial score (nSPS) is 21.9. The number of fused-ring (bicyclic) bond motifs is 3. The number of alkyl halides is 3. The van der Waals surface area contributed by atoms with Crippen molar-refractivity contribution in [3.8, 4) is 0 Å². The van der Waals surface area contributed by atoms with Gasteiger partial charge in [-0.15, -0.1) is 0 Å². The van der Waals surface area contributed by atoms with Crippen LogP contribution in [0.4, 0.5) is 13.2 Å². The molecule has 9 heteroatoms. The summed E-state index contributed by atoms with van der Waals surface area (Å²) in [7, 11) is 0. The minimum absolute atomic E-state index is 0.0796. The lowest BCUT2D eigenvalue weighted by molar-refractivity contribution is -0.197. The zero-order chi connectivity index (χ0) is 18.8. The Labute approximate surface area is 151 Å². The van der Waals surface area contributed by atoms with Crippen LogP contribution in [0, 0.1) is 5.41 Å². The molecule has 0 bridgehead atoms. The smallest absolute Gasteiger partial charge is 0.349 e. The first kappa shape index (κ1) is 16.5. The molecular formula is C18H16F3N5O. The van der Waals surface area contributed by atoms with Crippen LogP contribution in [-0.4, -0.2) is 50.0 Å². The SMILES string of the molecule is O=C(N1CCC(c2[nH]cnc3cnc4nccc4c23)C1)C1(C(F)(F)F)CC1. The van der Waals surface area contributed by atoms with Crippen LogP contribution in [0.1, 0.15) is 30.9 Å². The van der Waals surface area contributed by atoms with E-state index >= 15 is 0 Å². The minimum Gasteiger partial charge on any atom is -0.349 e. The molecule has 1 N–H and O–H groups in total. The van der Waals surface area contributed by atoms with Crippen LogP contribution in [0.2, 0.25) is 0 Å². The molecule has 27 heavy (non-hydrogen) atoms. The summed E-state index contributed by atoms with van der Waals surface area (Å²) < 4.78 is 39.9. The van der Waals surface area contributed by atoms with E-state index in [-0.39, 0.29) is 25.3 Å². The zero-order valence-corrected chi connectivity index (χ0v) is 14.3. The number of pyridine rings is 1. The molecule has 4 heterocycles. The average molecular weight is 375 g/mol. The zero-order valence-electron chi connectivity index (χ0n) is 14.3. The van der Waals surface area contributed by atoms with Crippen molar-refractivity contribution >= 4 is 27.8 Å². The first-order valence-corrected chi connectivity index (χ1v) is 8.83. The maximum Gasteiger partial charge on any atom is 0.403 e. The fourth-order valence-corrected chi connectivity index (χ4v) is 4.12. The lowest BCUT2D eigenvalue weighted by Gasteiger charge is -2.25. The van der Waals surface area contributed by atoms with Gasteiger partial charge >= 0.3 is 6.18 Å². The van der Waals surface area contributed by atoms with Crippen molar-refractivity contribution < 1.29 is 18.0 Å². The second-order valence-electron chi connectivity index (χ2n) is 7.33. The van der Waals surface area contributed by atoms with Crippen LogP contribution in [0.25, 0.3) is 21.9 Å². The van der Waals surface area contributed by atoms with E-state index in [4.69, 9.17) is 0 Å². The summed E-state index contributed by atoms with van der Waals surface area (Å²) in [5, 5.41) is 1.72. The Kier molecular flexibility index (Phi) is 3.29. The fraction of sp³-hybridized carbons (Fsp3) is 0.444. The van der Waals surface area contributed by atoms with Crippen molar-refractivity contribution in [1.82, 2.24) is 24.8 Å².